The van der Waals surface area contributed by atoms with Crippen LogP contribution in [0.3, 0.4) is 0 Å². The molecule has 3 aromatic rings. The minimum absolute atomic E-state index is 0.0825. The second-order valence-electron chi connectivity index (χ2n) is 5.29. The molecule has 0 aliphatic rings. The number of amides is 1. The monoisotopic (exact) mass is 296 g/mol. The van der Waals surface area contributed by atoms with Crippen LogP contribution in [-0.4, -0.2) is 26.6 Å². The van der Waals surface area contributed by atoms with Gasteiger partial charge in [-0.3, -0.25) is 4.79 Å². The summed E-state index contributed by atoms with van der Waals surface area (Å²) in [6.07, 6.45) is 6.46. The number of aromatic nitrogens is 3. The Morgan fingerprint density at radius 1 is 1.23 bits per heavy atom. The van der Waals surface area contributed by atoms with E-state index in [4.69, 9.17) is 0 Å². The number of fused-ring (bicyclic) bond motifs is 1. The normalized spacial score (nSPS) is 12.4. The molecule has 2 heterocycles. The fourth-order valence-corrected chi connectivity index (χ4v) is 2.74. The van der Waals surface area contributed by atoms with Gasteiger partial charge in [-0.2, -0.15) is 5.10 Å². The Morgan fingerprint density at radius 3 is 2.82 bits per heavy atom. The number of carbonyl (C=O) groups excluding carboxylic acids is 1. The lowest BCUT2D eigenvalue weighted by Crippen LogP contribution is -2.31. The smallest absolute Gasteiger partial charge is 0.227 e. The van der Waals surface area contributed by atoms with Crippen molar-refractivity contribution in [1.82, 2.24) is 19.5 Å². The van der Waals surface area contributed by atoms with E-state index in [0.717, 1.165) is 24.2 Å². The van der Waals surface area contributed by atoms with Gasteiger partial charge in [-0.1, -0.05) is 37.3 Å². The molecule has 114 valence electrons. The average Bonchev–Trinajstić information content (AvgIpc) is 3.14. The fourth-order valence-electron chi connectivity index (χ4n) is 2.74. The van der Waals surface area contributed by atoms with Gasteiger partial charge in [-0.05, 0) is 12.0 Å². The first-order chi connectivity index (χ1) is 10.8. The van der Waals surface area contributed by atoms with E-state index in [-0.39, 0.29) is 11.8 Å². The Hall–Kier alpha value is -2.56. The van der Waals surface area contributed by atoms with Crippen LogP contribution in [0.25, 0.3) is 5.65 Å². The molecule has 0 saturated heterocycles. The molecule has 1 N–H and O–H groups in total. The molecule has 1 aromatic carbocycles. The van der Waals surface area contributed by atoms with Gasteiger partial charge in [0.2, 0.25) is 5.91 Å². The average molecular weight is 296 g/mol. The Bertz CT molecular complexity index is 744. The van der Waals surface area contributed by atoms with Crippen LogP contribution in [0.5, 0.6) is 0 Å². The number of hydrogen-bond donors (Lipinski definition) is 1. The summed E-state index contributed by atoms with van der Waals surface area (Å²) in [5.74, 6) is 0.00577. The second kappa shape index (κ2) is 6.47. The summed E-state index contributed by atoms with van der Waals surface area (Å²) in [5.41, 5.74) is 2.10. The van der Waals surface area contributed by atoms with Crippen LogP contribution in [-0.2, 0) is 11.3 Å². The Kier molecular flexibility index (Phi) is 4.23. The molecule has 3 rings (SSSR count). The van der Waals surface area contributed by atoms with Crippen LogP contribution in [0.1, 0.15) is 24.8 Å². The lowest BCUT2D eigenvalue weighted by atomic mass is 9.96. The highest BCUT2D eigenvalue weighted by atomic mass is 16.1. The summed E-state index contributed by atoms with van der Waals surface area (Å²) in [5, 5.41) is 7.21. The highest BCUT2D eigenvalue weighted by Crippen LogP contribution is 2.19. The van der Waals surface area contributed by atoms with Gasteiger partial charge in [0, 0.05) is 31.5 Å². The number of imidazole rings is 1. The minimum atomic E-state index is -0.0825. The number of benzene rings is 1. The molecule has 5 nitrogen and oxygen atoms in total. The van der Waals surface area contributed by atoms with Crippen molar-refractivity contribution in [1.29, 1.82) is 0 Å². The molecule has 0 saturated carbocycles. The maximum atomic E-state index is 12.4. The predicted octanol–water partition coefficient (Wildman–Crippen LogP) is 2.45. The van der Waals surface area contributed by atoms with Crippen LogP contribution in [0.4, 0.5) is 0 Å². The number of nitrogens with zero attached hydrogens (tertiary/aromatic N) is 3. The van der Waals surface area contributed by atoms with E-state index in [1.54, 1.807) is 6.20 Å². The number of rotatable bonds is 6. The van der Waals surface area contributed by atoms with E-state index >= 15 is 0 Å². The summed E-state index contributed by atoms with van der Waals surface area (Å²) in [7, 11) is 0. The highest BCUT2D eigenvalue weighted by Gasteiger charge is 2.17. The molecule has 0 fully saturated rings. The molecule has 0 aliphatic carbocycles. The van der Waals surface area contributed by atoms with Crippen molar-refractivity contribution >= 4 is 11.6 Å². The highest BCUT2D eigenvalue weighted by molar-refractivity contribution is 5.83. The molecule has 0 radical (unpaired) electrons. The minimum Gasteiger partial charge on any atom is -0.354 e. The first-order valence-corrected chi connectivity index (χ1v) is 7.60. The SMILES string of the molecule is CC[C@@H](C(=O)NCCn1ccn2nccc12)c1ccccc1. The third-order valence-corrected chi connectivity index (χ3v) is 3.91. The quantitative estimate of drug-likeness (QED) is 0.759. The molecular weight excluding hydrogens is 276 g/mol. The summed E-state index contributed by atoms with van der Waals surface area (Å²) in [6.45, 7) is 3.38. The second-order valence-corrected chi connectivity index (χ2v) is 5.29. The maximum absolute atomic E-state index is 12.4. The third kappa shape index (κ3) is 2.88. The van der Waals surface area contributed by atoms with E-state index in [0.29, 0.717) is 6.54 Å². The van der Waals surface area contributed by atoms with Gasteiger partial charge in [-0.25, -0.2) is 4.52 Å². The van der Waals surface area contributed by atoms with Gasteiger partial charge < -0.3 is 9.88 Å². The van der Waals surface area contributed by atoms with Crippen molar-refractivity contribution in [3.05, 3.63) is 60.6 Å². The van der Waals surface area contributed by atoms with Crippen molar-refractivity contribution in [3.8, 4) is 0 Å². The lowest BCUT2D eigenvalue weighted by Gasteiger charge is -2.15. The molecule has 0 bridgehead atoms. The van der Waals surface area contributed by atoms with Crippen LogP contribution < -0.4 is 5.32 Å². The van der Waals surface area contributed by atoms with Gasteiger partial charge in [-0.15, -0.1) is 0 Å². The van der Waals surface area contributed by atoms with Gasteiger partial charge in [0.25, 0.3) is 0 Å². The van der Waals surface area contributed by atoms with Crippen LogP contribution in [0.2, 0.25) is 0 Å². The zero-order valence-electron chi connectivity index (χ0n) is 12.6. The topological polar surface area (TPSA) is 51.3 Å². The zero-order valence-corrected chi connectivity index (χ0v) is 12.6. The van der Waals surface area contributed by atoms with Crippen molar-refractivity contribution in [2.24, 2.45) is 0 Å². The summed E-state index contributed by atoms with van der Waals surface area (Å²) < 4.78 is 3.90. The molecule has 0 spiro atoms. The summed E-state index contributed by atoms with van der Waals surface area (Å²) in [6, 6.07) is 11.9. The van der Waals surface area contributed by atoms with Crippen molar-refractivity contribution in [2.45, 2.75) is 25.8 Å². The van der Waals surface area contributed by atoms with E-state index in [9.17, 15) is 4.79 Å². The molecule has 1 amide bonds. The Balaban J connectivity index is 1.59. The van der Waals surface area contributed by atoms with E-state index in [2.05, 4.69) is 15.0 Å². The molecule has 1 atom stereocenters. The molecule has 22 heavy (non-hydrogen) atoms. The fraction of sp³-hybridized carbons (Fsp3) is 0.294. The van der Waals surface area contributed by atoms with Crippen molar-refractivity contribution in [2.75, 3.05) is 6.54 Å². The maximum Gasteiger partial charge on any atom is 0.227 e. The number of nitrogens with one attached hydrogen (secondary N) is 1. The van der Waals surface area contributed by atoms with Gasteiger partial charge in [0.1, 0.15) is 5.65 Å². The van der Waals surface area contributed by atoms with E-state index in [1.807, 2.05) is 60.2 Å². The largest absolute Gasteiger partial charge is 0.354 e. The van der Waals surface area contributed by atoms with E-state index in [1.165, 1.54) is 0 Å². The predicted molar refractivity (Wildman–Crippen MR) is 85.7 cm³/mol. The number of carbonyl (C=O) groups is 1. The van der Waals surface area contributed by atoms with Crippen molar-refractivity contribution < 1.29 is 4.79 Å². The Labute approximate surface area is 129 Å². The zero-order chi connectivity index (χ0) is 15.4. The molecular formula is C17H20N4O. The van der Waals surface area contributed by atoms with Gasteiger partial charge >= 0.3 is 0 Å². The molecule has 2 aromatic heterocycles. The Morgan fingerprint density at radius 2 is 2.05 bits per heavy atom. The first kappa shape index (κ1) is 14.4. The van der Waals surface area contributed by atoms with Gasteiger partial charge in [0.05, 0.1) is 12.1 Å². The van der Waals surface area contributed by atoms with Crippen LogP contribution in [0.15, 0.2) is 55.0 Å². The molecule has 0 aliphatic heterocycles. The summed E-state index contributed by atoms with van der Waals surface area (Å²) in [4.78, 5) is 12.4. The first-order valence-electron chi connectivity index (χ1n) is 7.60. The lowest BCUT2D eigenvalue weighted by molar-refractivity contribution is -0.122. The van der Waals surface area contributed by atoms with E-state index < -0.39 is 0 Å². The van der Waals surface area contributed by atoms with Crippen LogP contribution in [0, 0.1) is 0 Å². The van der Waals surface area contributed by atoms with Gasteiger partial charge in [0.15, 0.2) is 0 Å². The van der Waals surface area contributed by atoms with Crippen LogP contribution >= 0.6 is 0 Å². The molecule has 0 unspecified atom stereocenters. The van der Waals surface area contributed by atoms with Crippen molar-refractivity contribution in [3.63, 3.8) is 0 Å². The number of hydrogen-bond acceptors (Lipinski definition) is 2. The third-order valence-electron chi connectivity index (χ3n) is 3.91. The summed E-state index contributed by atoms with van der Waals surface area (Å²) >= 11 is 0. The standard InChI is InChI=1S/C17H20N4O/c1-2-15(14-6-4-3-5-7-14)17(22)18-10-11-20-12-13-21-16(20)8-9-19-21/h3-9,12-13,15H,2,10-11H2,1H3,(H,18,22)/t15-/m1/s1. The molecule has 5 heteroatoms.